The summed E-state index contributed by atoms with van der Waals surface area (Å²) in [5.41, 5.74) is 8.95. The van der Waals surface area contributed by atoms with Crippen molar-refractivity contribution in [1.29, 1.82) is 0 Å². The number of rotatable bonds is 8. The first kappa shape index (κ1) is 45.1. The van der Waals surface area contributed by atoms with E-state index in [9.17, 15) is 19.2 Å². The molecule has 6 aromatic rings. The minimum absolute atomic E-state index is 0.0611. The maximum atomic E-state index is 14.4. The van der Waals surface area contributed by atoms with Gasteiger partial charge in [-0.2, -0.15) is 0 Å². The van der Waals surface area contributed by atoms with Gasteiger partial charge in [0.05, 0.1) is 34.1 Å². The molecule has 2 aromatic heterocycles. The number of likely N-dealkylation sites (N-methyl/N-ethyl adjacent to an activating group) is 2. The lowest BCUT2D eigenvalue weighted by Crippen LogP contribution is -2.54. The normalized spacial score (nSPS) is 19.9. The minimum Gasteiger partial charge on any atom is -0.355 e. The molecule has 1 saturated heterocycles. The quantitative estimate of drug-likeness (QED) is 0.149. The predicted molar refractivity (Wildman–Crippen MR) is 270 cm³/mol. The number of hydrogen-bond acceptors (Lipinski definition) is 10. The molecule has 4 amide bonds. The van der Waals surface area contributed by atoms with Gasteiger partial charge in [-0.15, -0.1) is 10.2 Å². The molecule has 16 heteroatoms. The van der Waals surface area contributed by atoms with E-state index >= 15 is 0 Å². The second-order valence-corrected chi connectivity index (χ2v) is 19.8. The van der Waals surface area contributed by atoms with Crippen LogP contribution in [0.2, 0.25) is 0 Å². The monoisotopic (exact) mass is 940 g/mol. The van der Waals surface area contributed by atoms with E-state index < -0.39 is 0 Å². The molecule has 2 saturated carbocycles. The van der Waals surface area contributed by atoms with Gasteiger partial charge < -0.3 is 29.4 Å². The van der Waals surface area contributed by atoms with Gasteiger partial charge in [0, 0.05) is 63.5 Å². The molecule has 4 aromatic carbocycles. The lowest BCUT2D eigenvalue weighted by atomic mass is 10.0. The van der Waals surface area contributed by atoms with Gasteiger partial charge in [0.25, 0.3) is 11.8 Å². The topological polar surface area (TPSA) is 149 Å². The zero-order chi connectivity index (χ0) is 48.5. The van der Waals surface area contributed by atoms with Crippen molar-refractivity contribution in [2.75, 3.05) is 59.9 Å². The van der Waals surface area contributed by atoms with Crippen molar-refractivity contribution in [2.24, 2.45) is 0 Å². The minimum atomic E-state index is -0.325. The van der Waals surface area contributed by atoms with Crippen LogP contribution in [0.25, 0.3) is 34.2 Å². The maximum absolute atomic E-state index is 14.4. The van der Waals surface area contributed by atoms with Crippen molar-refractivity contribution in [1.82, 2.24) is 39.3 Å². The molecule has 0 radical (unpaired) electrons. The summed E-state index contributed by atoms with van der Waals surface area (Å²) in [4.78, 5) is 77.2. The largest absolute Gasteiger partial charge is 0.355 e. The Morgan fingerprint density at radius 2 is 0.857 bits per heavy atom. The number of nitrogens with zero attached hydrogens (tertiary/aromatic N) is 12. The third-order valence-corrected chi connectivity index (χ3v) is 15.4. The fraction of sp³-hybridized carbons (Fsp3) is 0.407. The first-order chi connectivity index (χ1) is 33.8. The Labute approximate surface area is 408 Å². The third-order valence-electron chi connectivity index (χ3n) is 15.4. The van der Waals surface area contributed by atoms with E-state index in [4.69, 9.17) is 20.2 Å². The Morgan fingerprint density at radius 1 is 0.500 bits per heavy atom. The first-order valence-electron chi connectivity index (χ1n) is 24.9. The van der Waals surface area contributed by atoms with Crippen LogP contribution in [0.5, 0.6) is 0 Å². The smallest absolute Gasteiger partial charge is 0.293 e. The van der Waals surface area contributed by atoms with E-state index in [0.717, 1.165) is 108 Å². The highest BCUT2D eigenvalue weighted by Gasteiger charge is 2.41. The van der Waals surface area contributed by atoms with Gasteiger partial charge in [0.2, 0.25) is 23.5 Å². The number of hydrogen-bond donors (Lipinski definition) is 0. The molecule has 5 aliphatic rings. The number of carbonyl (C=O) groups excluding carboxylic acids is 4. The van der Waals surface area contributed by atoms with Gasteiger partial charge in [-0.25, -0.2) is 19.3 Å². The highest BCUT2D eigenvalue weighted by molar-refractivity contribution is 6.07. The third kappa shape index (κ3) is 7.77. The summed E-state index contributed by atoms with van der Waals surface area (Å²) in [5, 5.41) is 9.73. The molecule has 5 heterocycles. The van der Waals surface area contributed by atoms with Crippen molar-refractivity contribution in [3.05, 3.63) is 108 Å². The molecule has 360 valence electrons. The standard InChI is InChI=1S/C54H60N12O4/c1-33-15-21-41(22-16-33)65-49(37-19-25-43-45(31-37)63(39-11-7-8-12-39)35(3)51(67)59(43)5)55-47(57-65)53(69)61-27-29-62(30-28-61)54(70)48-56-50(66(58-48)42-23-17-34(2)18-24-42)38-20-26-44-46(32-38)64(40-13-9-10-14-40)36(4)52(68)60(44)6/h15-26,31-32,35-36,39-40H,7-14,27-30H2,1-6H3/t35-,36-/m1/s1. The summed E-state index contributed by atoms with van der Waals surface area (Å²) in [7, 11) is 3.66. The molecule has 0 N–H and O–H groups in total. The van der Waals surface area contributed by atoms with Gasteiger partial charge in [-0.1, -0.05) is 61.1 Å². The number of anilines is 4. The molecular formula is C54H60N12O4. The predicted octanol–water partition coefficient (Wildman–Crippen LogP) is 7.62. The summed E-state index contributed by atoms with van der Waals surface area (Å²) in [5.74, 6) is 0.658. The molecule has 0 bridgehead atoms. The van der Waals surface area contributed by atoms with E-state index in [0.29, 0.717) is 11.6 Å². The molecule has 0 spiro atoms. The fourth-order valence-electron chi connectivity index (χ4n) is 11.5. The van der Waals surface area contributed by atoms with Gasteiger partial charge in [-0.3, -0.25) is 19.2 Å². The van der Waals surface area contributed by atoms with E-state index in [1.807, 2.05) is 115 Å². The van der Waals surface area contributed by atoms with Crippen LogP contribution in [-0.2, 0) is 9.59 Å². The highest BCUT2D eigenvalue weighted by Crippen LogP contribution is 2.44. The van der Waals surface area contributed by atoms with Gasteiger partial charge in [-0.05, 0) is 114 Å². The number of fused-ring (bicyclic) bond motifs is 2. The number of aryl methyl sites for hydroxylation is 2. The molecule has 70 heavy (non-hydrogen) atoms. The second kappa shape index (κ2) is 17.9. The molecule has 3 fully saturated rings. The molecular weight excluding hydrogens is 881 g/mol. The Balaban J connectivity index is 0.870. The Bertz CT molecular complexity index is 2810. The Kier molecular flexibility index (Phi) is 11.5. The molecule has 2 aliphatic carbocycles. The van der Waals surface area contributed by atoms with Crippen LogP contribution in [0.3, 0.4) is 0 Å². The SMILES string of the molecule is Cc1ccc(-n2nc(C(=O)N3CCN(C(=O)c4nc(-c5ccc6c(c5)N(C5CCCC5)[C@H](C)C(=O)N6C)n(-c5ccc(C)cc5)n4)CC3)nc2-c2ccc3c(c2)N(C2CCCC2)[C@H](C)C(=O)N3C)cc1. The Morgan fingerprint density at radius 3 is 1.21 bits per heavy atom. The van der Waals surface area contributed by atoms with Crippen molar-refractivity contribution >= 4 is 46.4 Å². The average Bonchev–Trinajstić information content (AvgIpc) is 4.24. The highest BCUT2D eigenvalue weighted by atomic mass is 16.2. The van der Waals surface area contributed by atoms with Crippen molar-refractivity contribution in [3.8, 4) is 34.2 Å². The van der Waals surface area contributed by atoms with Crippen molar-refractivity contribution in [3.63, 3.8) is 0 Å². The zero-order valence-corrected chi connectivity index (χ0v) is 40.9. The number of aromatic nitrogens is 6. The van der Waals surface area contributed by atoms with Crippen LogP contribution in [0, 0.1) is 13.8 Å². The van der Waals surface area contributed by atoms with Crippen molar-refractivity contribution in [2.45, 2.75) is 103 Å². The number of piperazine rings is 1. The van der Waals surface area contributed by atoms with E-state index in [-0.39, 0.29) is 85.6 Å². The summed E-state index contributed by atoms with van der Waals surface area (Å²) >= 11 is 0. The second-order valence-electron chi connectivity index (χ2n) is 19.8. The molecule has 11 rings (SSSR count). The number of benzene rings is 4. The number of amides is 4. The summed E-state index contributed by atoms with van der Waals surface area (Å²) in [6.07, 6.45) is 8.68. The first-order valence-corrected chi connectivity index (χ1v) is 24.9. The van der Waals surface area contributed by atoms with E-state index in [2.05, 4.69) is 21.9 Å². The lowest BCUT2D eigenvalue weighted by Gasteiger charge is -2.43. The fourth-order valence-corrected chi connectivity index (χ4v) is 11.5. The average molecular weight is 941 g/mol. The lowest BCUT2D eigenvalue weighted by molar-refractivity contribution is -0.120. The zero-order valence-electron chi connectivity index (χ0n) is 40.9. The van der Waals surface area contributed by atoms with Crippen LogP contribution in [0.15, 0.2) is 84.9 Å². The van der Waals surface area contributed by atoms with Crippen molar-refractivity contribution < 1.29 is 19.2 Å². The summed E-state index contributed by atoms with van der Waals surface area (Å²) in [6, 6.07) is 27.9. The van der Waals surface area contributed by atoms with Crippen LogP contribution in [-0.4, -0.2) is 127 Å². The van der Waals surface area contributed by atoms with Crippen LogP contribution in [0.1, 0.15) is 97.6 Å². The molecule has 0 unspecified atom stereocenters. The molecule has 3 aliphatic heterocycles. The summed E-state index contributed by atoms with van der Waals surface area (Å²) in [6.45, 7) is 9.10. The Hall–Kier alpha value is -7.36. The molecule has 16 nitrogen and oxygen atoms in total. The van der Waals surface area contributed by atoms with Gasteiger partial charge in [0.1, 0.15) is 12.1 Å². The number of carbonyl (C=O) groups is 4. The van der Waals surface area contributed by atoms with Gasteiger partial charge in [0.15, 0.2) is 11.6 Å². The van der Waals surface area contributed by atoms with E-state index in [1.54, 1.807) is 29.0 Å². The molecule has 2 atom stereocenters. The summed E-state index contributed by atoms with van der Waals surface area (Å²) < 4.78 is 3.46. The van der Waals surface area contributed by atoms with Crippen LogP contribution < -0.4 is 19.6 Å². The van der Waals surface area contributed by atoms with Crippen LogP contribution in [0.4, 0.5) is 22.7 Å². The van der Waals surface area contributed by atoms with Crippen LogP contribution >= 0.6 is 0 Å². The van der Waals surface area contributed by atoms with Gasteiger partial charge >= 0.3 is 0 Å². The maximum Gasteiger partial charge on any atom is 0.293 e. The van der Waals surface area contributed by atoms with E-state index in [1.165, 1.54) is 0 Å².